The molecule has 0 spiro atoms. The molecule has 0 aliphatic rings. The number of hydrogen-bond donors (Lipinski definition) is 0. The maximum atomic E-state index is 13.2. The highest BCUT2D eigenvalue weighted by Gasteiger charge is 2.18. The second-order valence-corrected chi connectivity index (χ2v) is 7.72. The third-order valence-corrected chi connectivity index (χ3v) is 5.20. The smallest absolute Gasteiger partial charge is 0.279 e. The van der Waals surface area contributed by atoms with Gasteiger partial charge in [0.05, 0.1) is 15.9 Å². The molecule has 33 heavy (non-hydrogen) atoms. The summed E-state index contributed by atoms with van der Waals surface area (Å²) in [5.74, 6) is -0.752. The molecule has 10 heteroatoms. The van der Waals surface area contributed by atoms with Gasteiger partial charge in [-0.3, -0.25) is 24.1 Å². The van der Waals surface area contributed by atoms with Crippen molar-refractivity contribution >= 4 is 28.3 Å². The Morgan fingerprint density at radius 1 is 1.21 bits per heavy atom. The van der Waals surface area contributed by atoms with E-state index in [2.05, 4.69) is 9.98 Å². The molecule has 10 nitrogen and oxygen atoms in total. The lowest BCUT2D eigenvalue weighted by Gasteiger charge is -2.16. The van der Waals surface area contributed by atoms with Crippen LogP contribution >= 0.6 is 0 Å². The first-order chi connectivity index (χ1) is 15.7. The molecule has 3 aromatic heterocycles. The van der Waals surface area contributed by atoms with Crippen molar-refractivity contribution in [1.29, 1.82) is 5.26 Å². The Hall–Kier alpha value is -4.65. The van der Waals surface area contributed by atoms with Crippen molar-refractivity contribution in [3.8, 4) is 6.07 Å². The van der Waals surface area contributed by atoms with Gasteiger partial charge in [0.15, 0.2) is 5.49 Å². The highest BCUT2D eigenvalue weighted by Crippen LogP contribution is 2.17. The van der Waals surface area contributed by atoms with Crippen LogP contribution in [0.5, 0.6) is 0 Å². The molecule has 0 radical (unpaired) electrons. The van der Waals surface area contributed by atoms with E-state index in [9.17, 15) is 25.0 Å². The predicted molar refractivity (Wildman–Crippen MR) is 120 cm³/mol. The van der Waals surface area contributed by atoms with E-state index >= 15 is 0 Å². The van der Waals surface area contributed by atoms with E-state index in [0.717, 1.165) is 11.6 Å². The molecule has 1 aromatic carbocycles. The number of nitro benzene ring substituents is 1. The normalized spacial score (nSPS) is 11.8. The molecule has 0 N–H and O–H groups in total. The summed E-state index contributed by atoms with van der Waals surface area (Å²) in [6.07, 6.45) is 1.60. The Morgan fingerprint density at radius 3 is 2.64 bits per heavy atom. The van der Waals surface area contributed by atoms with Crippen LogP contribution in [0.2, 0.25) is 0 Å². The molecule has 0 fully saturated rings. The van der Waals surface area contributed by atoms with Crippen LogP contribution in [-0.4, -0.2) is 24.8 Å². The van der Waals surface area contributed by atoms with E-state index in [0.29, 0.717) is 5.65 Å². The molecule has 0 saturated heterocycles. The highest BCUT2D eigenvalue weighted by atomic mass is 16.6. The van der Waals surface area contributed by atoms with Gasteiger partial charge < -0.3 is 4.57 Å². The van der Waals surface area contributed by atoms with Gasteiger partial charge in [-0.2, -0.15) is 10.3 Å². The summed E-state index contributed by atoms with van der Waals surface area (Å²) in [7, 11) is 0. The molecule has 0 bridgehead atoms. The maximum Gasteiger partial charge on any atom is 0.279 e. The molecule has 3 heterocycles. The fraction of sp³-hybridized carbons (Fsp3) is 0.174. The lowest BCUT2D eigenvalue weighted by molar-refractivity contribution is -0.384. The van der Waals surface area contributed by atoms with E-state index in [4.69, 9.17) is 0 Å². The molecule has 1 amide bonds. The average Bonchev–Trinajstić information content (AvgIpc) is 2.79. The van der Waals surface area contributed by atoms with Gasteiger partial charge in [0.2, 0.25) is 0 Å². The van der Waals surface area contributed by atoms with Crippen LogP contribution in [-0.2, 0) is 0 Å². The number of nitrogens with zero attached hydrogens (tertiary/aromatic N) is 6. The van der Waals surface area contributed by atoms with Gasteiger partial charge in [-0.25, -0.2) is 4.98 Å². The number of benzene rings is 1. The number of carbonyl (C=O) groups excluding carboxylic acids is 1. The molecule has 0 saturated carbocycles. The first kappa shape index (κ1) is 21.6. The standard InChI is InChI=1S/C23H18N6O4/c1-13(2)28-20(26-22(30)15-7-4-8-17(10-15)29(32)33)16(12-24)11-18-21(28)25-19-14(3)6-5-9-27(19)23(18)31/h4-11,13H,1-3H3. The zero-order chi connectivity index (χ0) is 23.9. The molecule has 0 aliphatic carbocycles. The topological polar surface area (TPSA) is 136 Å². The van der Waals surface area contributed by atoms with Crippen molar-refractivity contribution in [2.75, 3.05) is 0 Å². The van der Waals surface area contributed by atoms with Crippen molar-refractivity contribution in [2.45, 2.75) is 26.8 Å². The molecular weight excluding hydrogens is 424 g/mol. The van der Waals surface area contributed by atoms with E-state index in [1.807, 2.05) is 32.9 Å². The number of fused-ring (bicyclic) bond motifs is 2. The van der Waals surface area contributed by atoms with Crippen molar-refractivity contribution in [3.05, 3.63) is 91.3 Å². The fourth-order valence-electron chi connectivity index (χ4n) is 3.65. The van der Waals surface area contributed by atoms with Crippen LogP contribution < -0.4 is 11.0 Å². The van der Waals surface area contributed by atoms with Crippen LogP contribution in [0.25, 0.3) is 16.7 Å². The van der Waals surface area contributed by atoms with Crippen LogP contribution in [0.1, 0.15) is 41.4 Å². The van der Waals surface area contributed by atoms with Crippen LogP contribution in [0.15, 0.2) is 58.4 Å². The molecule has 0 unspecified atom stereocenters. The van der Waals surface area contributed by atoms with Crippen molar-refractivity contribution < 1.29 is 9.72 Å². The van der Waals surface area contributed by atoms with Gasteiger partial charge in [0, 0.05) is 29.9 Å². The second kappa shape index (κ2) is 8.12. The van der Waals surface area contributed by atoms with E-state index < -0.39 is 10.8 Å². The Labute approximate surface area is 186 Å². The lowest BCUT2D eigenvalue weighted by Crippen LogP contribution is -2.30. The monoisotopic (exact) mass is 442 g/mol. The van der Waals surface area contributed by atoms with Gasteiger partial charge in [0.25, 0.3) is 17.2 Å². The zero-order valence-electron chi connectivity index (χ0n) is 18.0. The van der Waals surface area contributed by atoms with Crippen LogP contribution in [0.3, 0.4) is 0 Å². The summed E-state index contributed by atoms with van der Waals surface area (Å²) in [5.41, 5.74) is 0.972. The van der Waals surface area contributed by atoms with Crippen molar-refractivity contribution in [2.24, 2.45) is 4.99 Å². The summed E-state index contributed by atoms with van der Waals surface area (Å²) in [6.45, 7) is 5.46. The van der Waals surface area contributed by atoms with Crippen molar-refractivity contribution in [3.63, 3.8) is 0 Å². The minimum absolute atomic E-state index is 0.00544. The fourth-order valence-corrected chi connectivity index (χ4v) is 3.65. The third-order valence-electron chi connectivity index (χ3n) is 5.20. The maximum absolute atomic E-state index is 13.2. The molecule has 0 aliphatic heterocycles. The summed E-state index contributed by atoms with van der Waals surface area (Å²) >= 11 is 0. The number of aromatic nitrogens is 3. The Balaban J connectivity index is 2.10. The quantitative estimate of drug-likeness (QED) is 0.272. The van der Waals surface area contributed by atoms with Gasteiger partial charge in [-0.15, -0.1) is 0 Å². The van der Waals surface area contributed by atoms with Gasteiger partial charge >= 0.3 is 0 Å². The van der Waals surface area contributed by atoms with E-state index in [-0.39, 0.29) is 44.9 Å². The number of non-ortho nitro benzene ring substituents is 1. The van der Waals surface area contributed by atoms with Gasteiger partial charge in [0.1, 0.15) is 17.4 Å². The second-order valence-electron chi connectivity index (χ2n) is 7.72. The summed E-state index contributed by atoms with van der Waals surface area (Å²) in [5, 5.41) is 21.1. The van der Waals surface area contributed by atoms with Crippen molar-refractivity contribution in [1.82, 2.24) is 14.0 Å². The van der Waals surface area contributed by atoms with Crippen LogP contribution in [0, 0.1) is 28.4 Å². The summed E-state index contributed by atoms with van der Waals surface area (Å²) in [6, 6.07) is 11.8. The number of pyridine rings is 2. The minimum atomic E-state index is -0.752. The summed E-state index contributed by atoms with van der Waals surface area (Å²) < 4.78 is 2.98. The third kappa shape index (κ3) is 3.65. The Morgan fingerprint density at radius 2 is 1.97 bits per heavy atom. The van der Waals surface area contributed by atoms with Gasteiger partial charge in [-0.05, 0) is 44.5 Å². The number of nitriles is 1. The molecule has 4 rings (SSSR count). The van der Waals surface area contributed by atoms with Crippen LogP contribution in [0.4, 0.5) is 5.69 Å². The van der Waals surface area contributed by atoms with E-state index in [1.165, 1.54) is 28.7 Å². The van der Waals surface area contributed by atoms with E-state index in [1.54, 1.807) is 16.8 Å². The molecule has 164 valence electrons. The highest BCUT2D eigenvalue weighted by molar-refractivity contribution is 5.95. The molecule has 0 atom stereocenters. The number of hydrogen-bond acceptors (Lipinski definition) is 6. The molecular formula is C23H18N6O4. The summed E-state index contributed by atoms with van der Waals surface area (Å²) in [4.78, 5) is 45.3. The number of amides is 1. The minimum Gasteiger partial charge on any atom is -0.306 e. The predicted octanol–water partition coefficient (Wildman–Crippen LogP) is 3.06. The first-order valence-electron chi connectivity index (χ1n) is 10.0. The Bertz CT molecular complexity index is 1640. The first-order valence-corrected chi connectivity index (χ1v) is 10.0. The SMILES string of the molecule is Cc1cccn2c(=O)c3cc(C#N)c(=NC(=O)c4cccc([N+](=O)[O-])c4)n(C(C)C)c3nc12. The number of rotatable bonds is 3. The number of aryl methyl sites for hydroxylation is 1. The molecule has 4 aromatic rings. The largest absolute Gasteiger partial charge is 0.306 e. The lowest BCUT2D eigenvalue weighted by atomic mass is 10.1. The number of nitro groups is 1. The van der Waals surface area contributed by atoms with Gasteiger partial charge in [-0.1, -0.05) is 12.1 Å². The Kier molecular flexibility index (Phi) is 5.31. The average molecular weight is 442 g/mol. The number of carbonyl (C=O) groups is 1. The zero-order valence-corrected chi connectivity index (χ0v) is 18.0.